The van der Waals surface area contributed by atoms with Gasteiger partial charge in [-0.15, -0.1) is 23.2 Å². The summed E-state index contributed by atoms with van der Waals surface area (Å²) < 4.78 is 18.1. The average Bonchev–Trinajstić information content (AvgIpc) is 2.28. The van der Waals surface area contributed by atoms with Crippen molar-refractivity contribution >= 4 is 29.0 Å². The number of hydrogen-bond donors (Lipinski definition) is 0. The molecule has 5 heteroatoms. The first kappa shape index (κ1) is 13.3. The fourth-order valence-electron chi connectivity index (χ4n) is 1.23. The minimum absolute atomic E-state index is 0.0972. The van der Waals surface area contributed by atoms with Gasteiger partial charge < -0.3 is 4.74 Å². The summed E-state index contributed by atoms with van der Waals surface area (Å²) in [7, 11) is 1.36. The molecule has 1 aromatic rings. The van der Waals surface area contributed by atoms with Crippen molar-refractivity contribution in [3.05, 3.63) is 29.6 Å². The highest BCUT2D eigenvalue weighted by molar-refractivity contribution is 6.34. The molecule has 0 aliphatic heterocycles. The average molecular weight is 265 g/mol. The van der Waals surface area contributed by atoms with Crippen LogP contribution in [0.3, 0.4) is 0 Å². The predicted octanol–water partition coefficient (Wildman–Crippen LogP) is 3.25. The number of carbonyl (C=O) groups excluding carboxylic acids is 1. The third kappa shape index (κ3) is 3.09. The van der Waals surface area contributed by atoms with Crippen LogP contribution >= 0.6 is 23.2 Å². The summed E-state index contributed by atoms with van der Waals surface area (Å²) >= 11 is 11.3. The first-order valence-electron chi connectivity index (χ1n) is 4.68. The van der Waals surface area contributed by atoms with E-state index in [1.54, 1.807) is 0 Å². The van der Waals surface area contributed by atoms with Crippen LogP contribution in [0.15, 0.2) is 18.2 Å². The van der Waals surface area contributed by atoms with Crippen LogP contribution in [0.2, 0.25) is 0 Å². The van der Waals surface area contributed by atoms with Gasteiger partial charge in [0, 0.05) is 11.4 Å². The summed E-state index contributed by atoms with van der Waals surface area (Å²) in [6.07, 6.45) is 0.357. The van der Waals surface area contributed by atoms with Crippen molar-refractivity contribution in [1.29, 1.82) is 0 Å². The van der Waals surface area contributed by atoms with E-state index in [4.69, 9.17) is 27.9 Å². The lowest BCUT2D eigenvalue weighted by atomic mass is 10.1. The van der Waals surface area contributed by atoms with Crippen LogP contribution in [0, 0.1) is 5.82 Å². The second kappa shape index (κ2) is 6.06. The number of alkyl halides is 2. The van der Waals surface area contributed by atoms with Gasteiger partial charge in [0.2, 0.25) is 0 Å². The summed E-state index contributed by atoms with van der Waals surface area (Å²) in [5, 5.41) is -0.717. The predicted molar refractivity (Wildman–Crippen MR) is 62.3 cm³/mol. The van der Waals surface area contributed by atoms with E-state index in [-0.39, 0.29) is 17.1 Å². The van der Waals surface area contributed by atoms with Gasteiger partial charge in [0.1, 0.15) is 0 Å². The van der Waals surface area contributed by atoms with E-state index < -0.39 is 11.2 Å². The quantitative estimate of drug-likeness (QED) is 0.603. The smallest absolute Gasteiger partial charge is 0.180 e. The van der Waals surface area contributed by atoms with Crippen LogP contribution in [0.4, 0.5) is 4.39 Å². The molecule has 0 spiro atoms. The van der Waals surface area contributed by atoms with Crippen molar-refractivity contribution in [3.8, 4) is 5.75 Å². The maximum atomic E-state index is 13.3. The molecule has 1 atom stereocenters. The van der Waals surface area contributed by atoms with E-state index >= 15 is 0 Å². The topological polar surface area (TPSA) is 26.3 Å². The number of ether oxygens (including phenoxy) is 1. The third-order valence-corrected chi connectivity index (χ3v) is 2.72. The molecule has 2 nitrogen and oxygen atoms in total. The van der Waals surface area contributed by atoms with Crippen molar-refractivity contribution in [1.82, 2.24) is 0 Å². The summed E-state index contributed by atoms with van der Waals surface area (Å²) in [5.41, 5.74) is 0.225. The van der Waals surface area contributed by atoms with Crippen LogP contribution in [-0.2, 0) is 0 Å². The van der Waals surface area contributed by atoms with Gasteiger partial charge in [0.05, 0.1) is 12.5 Å². The molecule has 1 aromatic carbocycles. The third-order valence-electron chi connectivity index (χ3n) is 2.08. The highest BCUT2D eigenvalue weighted by atomic mass is 35.5. The lowest BCUT2D eigenvalue weighted by Crippen LogP contribution is -2.15. The number of carbonyl (C=O) groups is 1. The Bertz CT molecular complexity index is 382. The number of methoxy groups -OCH3 is 1. The van der Waals surface area contributed by atoms with E-state index in [1.165, 1.54) is 19.2 Å². The molecule has 0 amide bonds. The fraction of sp³-hybridized carbons (Fsp3) is 0.364. The Hall–Kier alpha value is -0.800. The Labute approximate surface area is 103 Å². The van der Waals surface area contributed by atoms with E-state index in [9.17, 15) is 9.18 Å². The monoisotopic (exact) mass is 264 g/mol. The molecule has 88 valence electrons. The molecular formula is C11H11Cl2FO2. The molecule has 0 fully saturated rings. The Kier molecular flexibility index (Phi) is 5.03. The highest BCUT2D eigenvalue weighted by Crippen LogP contribution is 2.20. The molecule has 0 bridgehead atoms. The zero-order valence-electron chi connectivity index (χ0n) is 8.67. The van der Waals surface area contributed by atoms with Crippen LogP contribution in [0.5, 0.6) is 5.75 Å². The van der Waals surface area contributed by atoms with Gasteiger partial charge in [-0.1, -0.05) is 0 Å². The fourth-order valence-corrected chi connectivity index (χ4v) is 1.79. The van der Waals surface area contributed by atoms with E-state index in [2.05, 4.69) is 0 Å². The van der Waals surface area contributed by atoms with Gasteiger partial charge in [0.15, 0.2) is 17.3 Å². The summed E-state index contributed by atoms with van der Waals surface area (Å²) in [4.78, 5) is 11.7. The van der Waals surface area contributed by atoms with Crippen molar-refractivity contribution in [2.75, 3.05) is 13.0 Å². The van der Waals surface area contributed by atoms with Crippen molar-refractivity contribution in [2.45, 2.75) is 11.8 Å². The summed E-state index contributed by atoms with van der Waals surface area (Å²) in [6.45, 7) is 0. The maximum Gasteiger partial charge on any atom is 0.180 e. The number of hydrogen-bond acceptors (Lipinski definition) is 2. The Morgan fingerprint density at radius 3 is 2.75 bits per heavy atom. The first-order chi connectivity index (χ1) is 7.60. The number of Topliss-reactive ketones (excluding diaryl/α,β-unsaturated/α-hetero) is 1. The SMILES string of the molecule is COc1ccc(C(=O)C(Cl)CCCl)cc1F. The summed E-state index contributed by atoms with van der Waals surface area (Å²) in [5.74, 6) is -0.523. The molecule has 16 heavy (non-hydrogen) atoms. The lowest BCUT2D eigenvalue weighted by Gasteiger charge is -2.08. The molecule has 0 aromatic heterocycles. The Morgan fingerprint density at radius 2 is 2.25 bits per heavy atom. The number of halogens is 3. The van der Waals surface area contributed by atoms with Crippen LogP contribution in [-0.4, -0.2) is 24.2 Å². The molecule has 0 heterocycles. The Balaban J connectivity index is 2.88. The van der Waals surface area contributed by atoms with Crippen LogP contribution in [0.25, 0.3) is 0 Å². The van der Waals surface area contributed by atoms with E-state index in [0.717, 1.165) is 6.07 Å². The highest BCUT2D eigenvalue weighted by Gasteiger charge is 2.18. The molecule has 0 radical (unpaired) electrons. The molecule has 0 saturated heterocycles. The van der Waals surface area contributed by atoms with Crippen molar-refractivity contribution < 1.29 is 13.9 Å². The van der Waals surface area contributed by atoms with Crippen molar-refractivity contribution in [2.24, 2.45) is 0 Å². The zero-order valence-corrected chi connectivity index (χ0v) is 10.2. The normalized spacial score (nSPS) is 12.2. The number of ketones is 1. The lowest BCUT2D eigenvalue weighted by molar-refractivity contribution is 0.0985. The molecule has 1 unspecified atom stereocenters. The first-order valence-corrected chi connectivity index (χ1v) is 5.65. The van der Waals surface area contributed by atoms with Gasteiger partial charge >= 0.3 is 0 Å². The van der Waals surface area contributed by atoms with Gasteiger partial charge in [-0.05, 0) is 24.6 Å². The van der Waals surface area contributed by atoms with Gasteiger partial charge in [0.25, 0.3) is 0 Å². The van der Waals surface area contributed by atoms with E-state index in [1.807, 2.05) is 0 Å². The minimum atomic E-state index is -0.717. The molecule has 0 aliphatic rings. The minimum Gasteiger partial charge on any atom is -0.494 e. The van der Waals surface area contributed by atoms with E-state index in [0.29, 0.717) is 12.3 Å². The van der Waals surface area contributed by atoms with Crippen LogP contribution in [0.1, 0.15) is 16.8 Å². The number of benzene rings is 1. The Morgan fingerprint density at radius 1 is 1.56 bits per heavy atom. The molecule has 0 aliphatic carbocycles. The van der Waals surface area contributed by atoms with Crippen molar-refractivity contribution in [3.63, 3.8) is 0 Å². The second-order valence-corrected chi connectivity index (χ2v) is 4.06. The van der Waals surface area contributed by atoms with Gasteiger partial charge in [-0.3, -0.25) is 4.79 Å². The second-order valence-electron chi connectivity index (χ2n) is 3.16. The molecule has 0 saturated carbocycles. The largest absolute Gasteiger partial charge is 0.494 e. The summed E-state index contributed by atoms with van der Waals surface area (Å²) in [6, 6.07) is 3.99. The molecular weight excluding hydrogens is 254 g/mol. The number of rotatable bonds is 5. The maximum absolute atomic E-state index is 13.3. The standard InChI is InChI=1S/C11H11Cl2FO2/c1-16-10-3-2-7(6-9(10)14)11(15)8(13)4-5-12/h2-3,6,8H,4-5H2,1H3. The molecule has 1 rings (SSSR count). The van der Waals surface area contributed by atoms with Gasteiger partial charge in [-0.2, -0.15) is 0 Å². The van der Waals surface area contributed by atoms with Gasteiger partial charge in [-0.25, -0.2) is 4.39 Å². The van der Waals surface area contributed by atoms with Crippen LogP contribution < -0.4 is 4.74 Å². The molecule has 0 N–H and O–H groups in total. The zero-order chi connectivity index (χ0) is 12.1.